The molecule has 0 spiro atoms. The number of nitrogens with zero attached hydrogens (tertiary/aromatic N) is 1. The molecule has 1 aromatic heterocycles. The van der Waals surface area contributed by atoms with Crippen molar-refractivity contribution in [3.8, 4) is 5.69 Å². The van der Waals surface area contributed by atoms with Crippen LogP contribution in [-0.4, -0.2) is 22.2 Å². The smallest absolute Gasteiger partial charge is 0.255 e. The molecule has 33 heavy (non-hydrogen) atoms. The van der Waals surface area contributed by atoms with Crippen molar-refractivity contribution in [1.82, 2.24) is 4.57 Å². The van der Waals surface area contributed by atoms with Crippen molar-refractivity contribution in [2.24, 2.45) is 11.8 Å². The Hall–Kier alpha value is -3.78. The second-order valence-corrected chi connectivity index (χ2v) is 8.15. The van der Waals surface area contributed by atoms with Gasteiger partial charge in [0.25, 0.3) is 5.56 Å². The average Bonchev–Trinajstić information content (AvgIpc) is 3.19. The van der Waals surface area contributed by atoms with E-state index in [9.17, 15) is 23.6 Å². The molecule has 0 radical (unpaired) electrons. The number of rotatable bonds is 5. The van der Waals surface area contributed by atoms with Crippen molar-refractivity contribution >= 4 is 40.6 Å². The molecule has 1 heterocycles. The zero-order valence-corrected chi connectivity index (χ0v) is 18.0. The predicted octanol–water partition coefficient (Wildman–Crippen LogP) is 3.80. The summed E-state index contributed by atoms with van der Waals surface area (Å²) in [5, 5.41) is 5.66. The molecular weight excluding hydrogens is 449 g/mol. The van der Waals surface area contributed by atoms with E-state index in [1.807, 2.05) is 0 Å². The third-order valence-corrected chi connectivity index (χ3v) is 5.73. The van der Waals surface area contributed by atoms with Gasteiger partial charge >= 0.3 is 0 Å². The third kappa shape index (κ3) is 5.01. The second kappa shape index (κ2) is 9.38. The molecule has 2 amide bonds. The topological polar surface area (TPSA) is 97.3 Å². The average molecular weight is 468 g/mol. The Morgan fingerprint density at radius 1 is 0.909 bits per heavy atom. The van der Waals surface area contributed by atoms with Crippen LogP contribution in [0.25, 0.3) is 5.69 Å². The quantitative estimate of drug-likeness (QED) is 0.596. The van der Waals surface area contributed by atoms with Crippen LogP contribution in [0.2, 0.25) is 5.02 Å². The van der Waals surface area contributed by atoms with Gasteiger partial charge in [-0.2, -0.15) is 0 Å². The van der Waals surface area contributed by atoms with Crippen LogP contribution in [0, 0.1) is 17.7 Å². The van der Waals surface area contributed by atoms with Gasteiger partial charge in [0.15, 0.2) is 0 Å². The van der Waals surface area contributed by atoms with E-state index in [0.29, 0.717) is 16.4 Å². The van der Waals surface area contributed by atoms with Crippen LogP contribution in [0.15, 0.2) is 71.7 Å². The van der Waals surface area contributed by atoms with Crippen LogP contribution in [0.1, 0.15) is 12.8 Å². The Labute approximate surface area is 193 Å². The molecule has 1 aliphatic rings. The predicted molar refractivity (Wildman–Crippen MR) is 122 cm³/mol. The molecule has 1 fully saturated rings. The summed E-state index contributed by atoms with van der Waals surface area (Å²) in [4.78, 5) is 49.6. The molecule has 1 aliphatic carbocycles. The monoisotopic (exact) mass is 467 g/mol. The number of anilines is 2. The summed E-state index contributed by atoms with van der Waals surface area (Å²) in [6.45, 7) is 0. The SMILES string of the molecule is O=C1C[C@H](C(=O)Nc2ccc(Cl)cc2)[C@H](C(=O)Nc2ccc(-n3ccccc3=O)cc2F)C1. The first kappa shape index (κ1) is 22.4. The molecule has 9 heteroatoms. The van der Waals surface area contributed by atoms with Gasteiger partial charge in [0.1, 0.15) is 11.6 Å². The lowest BCUT2D eigenvalue weighted by molar-refractivity contribution is -0.128. The number of benzene rings is 2. The molecule has 0 unspecified atom stereocenters. The number of hydrogen-bond donors (Lipinski definition) is 2. The van der Waals surface area contributed by atoms with Gasteiger partial charge in [-0.3, -0.25) is 23.7 Å². The molecule has 0 bridgehead atoms. The number of amides is 2. The summed E-state index contributed by atoms with van der Waals surface area (Å²) in [6.07, 6.45) is 1.32. The van der Waals surface area contributed by atoms with E-state index >= 15 is 0 Å². The number of aromatic nitrogens is 1. The molecule has 2 N–H and O–H groups in total. The minimum atomic E-state index is -0.930. The number of ketones is 1. The number of carbonyl (C=O) groups is 3. The number of pyridine rings is 1. The van der Waals surface area contributed by atoms with Gasteiger partial charge in [-0.05, 0) is 42.5 Å². The van der Waals surface area contributed by atoms with Crippen molar-refractivity contribution in [1.29, 1.82) is 0 Å². The summed E-state index contributed by atoms with van der Waals surface area (Å²) in [6, 6.07) is 15.0. The Morgan fingerprint density at radius 3 is 2.21 bits per heavy atom. The number of nitrogens with one attached hydrogen (secondary N) is 2. The summed E-state index contributed by atoms with van der Waals surface area (Å²) in [5.41, 5.74) is 0.352. The van der Waals surface area contributed by atoms with Gasteiger partial charge in [0, 0.05) is 41.9 Å². The fourth-order valence-corrected chi connectivity index (χ4v) is 3.92. The molecule has 0 saturated heterocycles. The van der Waals surface area contributed by atoms with E-state index in [0.717, 1.165) is 6.07 Å². The first-order chi connectivity index (χ1) is 15.8. The van der Waals surface area contributed by atoms with Crippen molar-refractivity contribution in [3.63, 3.8) is 0 Å². The van der Waals surface area contributed by atoms with E-state index in [4.69, 9.17) is 11.6 Å². The van der Waals surface area contributed by atoms with Gasteiger partial charge in [-0.1, -0.05) is 17.7 Å². The minimum absolute atomic E-state index is 0.0736. The largest absolute Gasteiger partial charge is 0.326 e. The Kier molecular flexibility index (Phi) is 6.37. The van der Waals surface area contributed by atoms with Crippen molar-refractivity contribution < 1.29 is 18.8 Å². The fourth-order valence-electron chi connectivity index (χ4n) is 3.80. The van der Waals surface area contributed by atoms with E-state index in [1.54, 1.807) is 36.4 Å². The second-order valence-electron chi connectivity index (χ2n) is 7.72. The molecule has 4 rings (SSSR count). The normalized spacial score (nSPS) is 17.6. The lowest BCUT2D eigenvalue weighted by Gasteiger charge is -2.18. The summed E-state index contributed by atoms with van der Waals surface area (Å²) >= 11 is 5.84. The molecule has 7 nitrogen and oxygen atoms in total. The van der Waals surface area contributed by atoms with E-state index in [2.05, 4.69) is 10.6 Å². The maximum Gasteiger partial charge on any atom is 0.255 e. The van der Waals surface area contributed by atoms with Gasteiger partial charge in [-0.15, -0.1) is 0 Å². The maximum absolute atomic E-state index is 14.7. The zero-order valence-electron chi connectivity index (χ0n) is 17.3. The van der Waals surface area contributed by atoms with Crippen LogP contribution in [0.4, 0.5) is 15.8 Å². The molecule has 3 aromatic rings. The molecule has 168 valence electrons. The van der Waals surface area contributed by atoms with Gasteiger partial charge in [0.05, 0.1) is 23.2 Å². The van der Waals surface area contributed by atoms with Crippen molar-refractivity contribution in [2.45, 2.75) is 12.8 Å². The zero-order chi connectivity index (χ0) is 23.5. The van der Waals surface area contributed by atoms with Crippen LogP contribution >= 0.6 is 11.6 Å². The standard InChI is InChI=1S/C24H19ClFN3O4/c25-14-4-6-15(7-5-14)27-23(32)18-12-17(30)13-19(18)24(33)28-21-9-8-16(11-20(21)26)29-10-2-1-3-22(29)31/h1-11,18-19H,12-13H2,(H,27,32)(H,28,33)/t18-,19+/m0/s1. The van der Waals surface area contributed by atoms with E-state index in [-0.39, 0.29) is 29.9 Å². The van der Waals surface area contributed by atoms with Crippen LogP contribution < -0.4 is 16.2 Å². The van der Waals surface area contributed by atoms with Gasteiger partial charge < -0.3 is 10.6 Å². The fraction of sp³-hybridized carbons (Fsp3) is 0.167. The highest BCUT2D eigenvalue weighted by atomic mass is 35.5. The Balaban J connectivity index is 1.49. The van der Waals surface area contributed by atoms with Gasteiger partial charge in [-0.25, -0.2) is 4.39 Å². The summed E-state index contributed by atoms with van der Waals surface area (Å²) in [7, 11) is 0. The Bertz CT molecular complexity index is 1290. The first-order valence-corrected chi connectivity index (χ1v) is 10.6. The van der Waals surface area contributed by atoms with Crippen LogP contribution in [-0.2, 0) is 14.4 Å². The van der Waals surface area contributed by atoms with E-state index < -0.39 is 29.5 Å². The molecular formula is C24H19ClFN3O4. The highest BCUT2D eigenvalue weighted by molar-refractivity contribution is 6.30. The number of Topliss-reactive ketones (excluding diaryl/α,β-unsaturated/α-hetero) is 1. The Morgan fingerprint density at radius 2 is 1.58 bits per heavy atom. The van der Waals surface area contributed by atoms with Crippen LogP contribution in [0.5, 0.6) is 0 Å². The third-order valence-electron chi connectivity index (χ3n) is 5.48. The number of halogens is 2. The molecule has 2 aromatic carbocycles. The molecule has 1 saturated carbocycles. The number of carbonyl (C=O) groups excluding carboxylic acids is 3. The number of hydrogen-bond acceptors (Lipinski definition) is 4. The molecule has 0 aliphatic heterocycles. The molecule has 2 atom stereocenters. The lowest BCUT2D eigenvalue weighted by Crippen LogP contribution is -2.33. The maximum atomic E-state index is 14.7. The van der Waals surface area contributed by atoms with Crippen LogP contribution in [0.3, 0.4) is 0 Å². The highest BCUT2D eigenvalue weighted by Gasteiger charge is 2.42. The van der Waals surface area contributed by atoms with E-state index in [1.165, 1.54) is 29.0 Å². The first-order valence-electron chi connectivity index (χ1n) is 10.2. The minimum Gasteiger partial charge on any atom is -0.326 e. The van der Waals surface area contributed by atoms with Crippen molar-refractivity contribution in [2.75, 3.05) is 10.6 Å². The summed E-state index contributed by atoms with van der Waals surface area (Å²) in [5.74, 6) is -3.86. The van der Waals surface area contributed by atoms with Gasteiger partial charge in [0.2, 0.25) is 11.8 Å². The summed E-state index contributed by atoms with van der Waals surface area (Å²) < 4.78 is 15.9. The van der Waals surface area contributed by atoms with Crippen molar-refractivity contribution in [3.05, 3.63) is 88.1 Å². The lowest BCUT2D eigenvalue weighted by atomic mass is 9.94. The highest BCUT2D eigenvalue weighted by Crippen LogP contribution is 2.32.